The summed E-state index contributed by atoms with van der Waals surface area (Å²) >= 11 is 10.1. The summed E-state index contributed by atoms with van der Waals surface area (Å²) < 4.78 is 0.710. The number of amides is 2. The van der Waals surface area contributed by atoms with Gasteiger partial charge in [0, 0.05) is 18.5 Å². The monoisotopic (exact) mass is 443 g/mol. The average Bonchev–Trinajstić information content (AvgIpc) is 3.22. The zero-order valence-electron chi connectivity index (χ0n) is 15.2. The van der Waals surface area contributed by atoms with E-state index in [0.717, 1.165) is 23.7 Å². The van der Waals surface area contributed by atoms with Gasteiger partial charge in [0.05, 0.1) is 26.4 Å². The second-order valence-electron chi connectivity index (χ2n) is 6.93. The Balaban J connectivity index is 1.42. The Hall–Kier alpha value is -1.09. The average molecular weight is 444 g/mol. The van der Waals surface area contributed by atoms with Crippen LogP contribution in [0.5, 0.6) is 0 Å². The summed E-state index contributed by atoms with van der Waals surface area (Å²) in [5.41, 5.74) is 0.809. The van der Waals surface area contributed by atoms with Crippen molar-refractivity contribution >= 4 is 63.0 Å². The highest BCUT2D eigenvalue weighted by atomic mass is 35.5. The highest BCUT2D eigenvalue weighted by Gasteiger charge is 2.25. The van der Waals surface area contributed by atoms with Crippen LogP contribution in [-0.4, -0.2) is 46.3 Å². The van der Waals surface area contributed by atoms with E-state index in [-0.39, 0.29) is 17.6 Å². The molecule has 2 aromatic rings. The molecule has 0 aromatic carbocycles. The Kier molecular flexibility index (Phi) is 7.19. The number of hydrogen-bond donors (Lipinski definition) is 1. The van der Waals surface area contributed by atoms with Gasteiger partial charge in [0.25, 0.3) is 0 Å². The minimum Gasteiger partial charge on any atom is -0.341 e. The Labute approximate surface area is 176 Å². The quantitative estimate of drug-likeness (QED) is 0.702. The molecule has 146 valence electrons. The van der Waals surface area contributed by atoms with E-state index in [2.05, 4.69) is 24.1 Å². The van der Waals surface area contributed by atoms with Crippen molar-refractivity contribution in [3.8, 4) is 10.6 Å². The lowest BCUT2D eigenvalue weighted by Gasteiger charge is -2.35. The largest absolute Gasteiger partial charge is 0.341 e. The molecule has 1 saturated heterocycles. The van der Waals surface area contributed by atoms with Crippen LogP contribution in [0, 0.1) is 11.8 Å². The van der Waals surface area contributed by atoms with Gasteiger partial charge in [0.2, 0.25) is 11.8 Å². The predicted octanol–water partition coefficient (Wildman–Crippen LogP) is 4.70. The molecule has 0 radical (unpaired) electrons. The Morgan fingerprint density at radius 1 is 1.30 bits per heavy atom. The summed E-state index contributed by atoms with van der Waals surface area (Å²) in [4.78, 5) is 31.8. The van der Waals surface area contributed by atoms with E-state index in [1.165, 1.54) is 40.9 Å². The zero-order chi connectivity index (χ0) is 19.4. The van der Waals surface area contributed by atoms with Crippen molar-refractivity contribution in [3.05, 3.63) is 21.8 Å². The summed E-state index contributed by atoms with van der Waals surface area (Å²) in [6, 6.07) is 3.74. The van der Waals surface area contributed by atoms with Gasteiger partial charge in [0.15, 0.2) is 5.13 Å². The summed E-state index contributed by atoms with van der Waals surface area (Å²) in [5, 5.41) is 5.26. The molecular weight excluding hydrogens is 422 g/mol. The number of thioether (sulfide) groups is 1. The number of likely N-dealkylation sites (tertiary alicyclic amines) is 1. The third-order valence-electron chi connectivity index (χ3n) is 4.26. The van der Waals surface area contributed by atoms with Gasteiger partial charge in [-0.2, -0.15) is 0 Å². The Morgan fingerprint density at radius 3 is 2.70 bits per heavy atom. The van der Waals surface area contributed by atoms with E-state index < -0.39 is 0 Å². The predicted molar refractivity (Wildman–Crippen MR) is 116 cm³/mol. The van der Waals surface area contributed by atoms with Gasteiger partial charge in [0.1, 0.15) is 0 Å². The summed E-state index contributed by atoms with van der Waals surface area (Å²) in [6.07, 6.45) is 1.17. The number of aromatic nitrogens is 1. The van der Waals surface area contributed by atoms with Gasteiger partial charge in [-0.15, -0.1) is 34.4 Å². The van der Waals surface area contributed by atoms with Gasteiger partial charge in [-0.1, -0.05) is 25.4 Å². The maximum Gasteiger partial charge on any atom is 0.236 e. The maximum atomic E-state index is 12.3. The van der Waals surface area contributed by atoms with Gasteiger partial charge < -0.3 is 10.2 Å². The number of anilines is 1. The van der Waals surface area contributed by atoms with Crippen LogP contribution in [-0.2, 0) is 9.59 Å². The van der Waals surface area contributed by atoms with Crippen molar-refractivity contribution < 1.29 is 9.59 Å². The van der Waals surface area contributed by atoms with Crippen LogP contribution in [0.15, 0.2) is 17.5 Å². The second kappa shape index (κ2) is 9.41. The van der Waals surface area contributed by atoms with Crippen molar-refractivity contribution in [2.45, 2.75) is 20.3 Å². The number of carbonyl (C=O) groups is 2. The molecule has 9 heteroatoms. The summed E-state index contributed by atoms with van der Waals surface area (Å²) in [7, 11) is 0. The summed E-state index contributed by atoms with van der Waals surface area (Å²) in [6.45, 7) is 6.01. The van der Waals surface area contributed by atoms with Crippen LogP contribution >= 0.6 is 46.0 Å². The van der Waals surface area contributed by atoms with Crippen LogP contribution in [0.25, 0.3) is 10.6 Å². The normalized spacial score (nSPS) is 19.9. The van der Waals surface area contributed by atoms with E-state index in [4.69, 9.17) is 11.6 Å². The first-order valence-corrected chi connectivity index (χ1v) is 12.0. The lowest BCUT2D eigenvalue weighted by atomic mass is 9.92. The zero-order valence-corrected chi connectivity index (χ0v) is 18.4. The number of hydrogen-bond acceptors (Lipinski definition) is 6. The highest BCUT2D eigenvalue weighted by molar-refractivity contribution is 8.00. The molecule has 2 unspecified atom stereocenters. The molecule has 1 N–H and O–H groups in total. The van der Waals surface area contributed by atoms with E-state index in [1.54, 1.807) is 0 Å². The van der Waals surface area contributed by atoms with Crippen LogP contribution in [0.2, 0.25) is 4.34 Å². The number of halogens is 1. The SMILES string of the molecule is CC1CC(C)CN(C(=O)CSCC(=O)Nc2nc(-c3ccc(Cl)s3)cs2)C1. The van der Waals surface area contributed by atoms with Crippen LogP contribution < -0.4 is 5.32 Å². The van der Waals surface area contributed by atoms with E-state index >= 15 is 0 Å². The number of carbonyl (C=O) groups excluding carboxylic acids is 2. The van der Waals surface area contributed by atoms with Crippen molar-refractivity contribution in [3.63, 3.8) is 0 Å². The minimum absolute atomic E-state index is 0.123. The number of piperidine rings is 1. The lowest BCUT2D eigenvalue weighted by molar-refractivity contribution is -0.130. The highest BCUT2D eigenvalue weighted by Crippen LogP contribution is 2.32. The van der Waals surface area contributed by atoms with Gasteiger partial charge in [-0.25, -0.2) is 4.98 Å². The molecule has 27 heavy (non-hydrogen) atoms. The molecule has 1 aliphatic heterocycles. The fraction of sp³-hybridized carbons (Fsp3) is 0.500. The lowest BCUT2D eigenvalue weighted by Crippen LogP contribution is -2.43. The number of rotatable bonds is 6. The maximum absolute atomic E-state index is 12.3. The van der Waals surface area contributed by atoms with Gasteiger partial charge in [-0.3, -0.25) is 9.59 Å². The molecule has 1 aliphatic rings. The molecule has 0 spiro atoms. The topological polar surface area (TPSA) is 62.3 Å². The molecule has 5 nitrogen and oxygen atoms in total. The van der Waals surface area contributed by atoms with Gasteiger partial charge in [-0.05, 0) is 30.4 Å². The Bertz CT molecular complexity index is 797. The molecule has 3 rings (SSSR count). The van der Waals surface area contributed by atoms with Gasteiger partial charge >= 0.3 is 0 Å². The van der Waals surface area contributed by atoms with E-state index in [1.807, 2.05) is 22.4 Å². The number of thiophene rings is 1. The van der Waals surface area contributed by atoms with Crippen molar-refractivity contribution in [2.75, 3.05) is 29.9 Å². The Morgan fingerprint density at radius 2 is 2.04 bits per heavy atom. The van der Waals surface area contributed by atoms with Crippen molar-refractivity contribution in [1.29, 1.82) is 0 Å². The molecule has 1 fully saturated rings. The standard InChI is InChI=1S/C18H22ClN3O2S3/c1-11-5-12(2)7-22(6-11)17(24)10-25-9-16(23)21-18-20-13(8-26-18)14-3-4-15(19)27-14/h3-4,8,11-12H,5-7,9-10H2,1-2H3,(H,20,21,23). The first-order valence-electron chi connectivity index (χ1n) is 8.77. The molecule has 0 saturated carbocycles. The van der Waals surface area contributed by atoms with Crippen LogP contribution in [0.1, 0.15) is 20.3 Å². The molecule has 0 bridgehead atoms. The van der Waals surface area contributed by atoms with Crippen LogP contribution in [0.3, 0.4) is 0 Å². The van der Waals surface area contributed by atoms with Crippen LogP contribution in [0.4, 0.5) is 5.13 Å². The molecule has 2 aromatic heterocycles. The minimum atomic E-state index is -0.140. The molecule has 0 aliphatic carbocycles. The molecule has 2 amide bonds. The molecule has 2 atom stereocenters. The van der Waals surface area contributed by atoms with Crippen molar-refractivity contribution in [1.82, 2.24) is 9.88 Å². The second-order valence-corrected chi connectivity index (χ2v) is 10.5. The first-order chi connectivity index (χ1) is 12.9. The number of nitrogens with zero attached hydrogens (tertiary/aromatic N) is 2. The third kappa shape index (κ3) is 5.94. The molecule has 3 heterocycles. The van der Waals surface area contributed by atoms with E-state index in [9.17, 15) is 9.59 Å². The smallest absolute Gasteiger partial charge is 0.236 e. The fourth-order valence-corrected chi connectivity index (χ4v) is 5.76. The first kappa shape index (κ1) is 20.6. The number of thiazole rings is 1. The number of nitrogens with one attached hydrogen (secondary N) is 1. The third-order valence-corrected chi connectivity index (χ3v) is 7.19. The van der Waals surface area contributed by atoms with E-state index in [0.29, 0.717) is 27.1 Å². The fourth-order valence-electron chi connectivity index (χ4n) is 3.24. The summed E-state index contributed by atoms with van der Waals surface area (Å²) in [5.74, 6) is 1.65. The van der Waals surface area contributed by atoms with Crippen molar-refractivity contribution in [2.24, 2.45) is 11.8 Å². The molecular formula is C18H22ClN3O2S3.